The monoisotopic (exact) mass is 761 g/mol. The number of hydrogen-bond donors (Lipinski definition) is 1. The zero-order valence-corrected chi connectivity index (χ0v) is 31.4. The van der Waals surface area contributed by atoms with Crippen LogP contribution in [0.15, 0.2) is 71.2 Å². The SMILES string of the molecule is Cc1ccc(C)c(N2C/C=C\CCC(=O)N(C)[C@@H](C)[C@H](c3ccccc3)OC(=O)[C@H]3[C@@H]4O[C@@]5(C=C4Br)[C@@H]3C(=O)N(CCCCCCO)[C@@H]5C2=O)c1. The van der Waals surface area contributed by atoms with Crippen LogP contribution in [0.25, 0.3) is 0 Å². The molecule has 0 saturated carbocycles. The van der Waals surface area contributed by atoms with Gasteiger partial charge >= 0.3 is 5.97 Å². The van der Waals surface area contributed by atoms with Crippen LogP contribution in [0, 0.1) is 25.7 Å². The van der Waals surface area contributed by atoms with Crippen molar-refractivity contribution in [2.45, 2.75) is 89.2 Å². The lowest BCUT2D eigenvalue weighted by molar-refractivity contribution is -0.164. The number of cyclic esters (lactones) is 1. The molecule has 4 heterocycles. The summed E-state index contributed by atoms with van der Waals surface area (Å²) in [5.41, 5.74) is 1.92. The summed E-state index contributed by atoms with van der Waals surface area (Å²) in [6, 6.07) is 13.7. The third-order valence-electron chi connectivity index (χ3n) is 11.0. The molecular weight excluding hydrogens is 714 g/mol. The third-order valence-corrected chi connectivity index (χ3v) is 11.6. The van der Waals surface area contributed by atoms with Crippen molar-refractivity contribution < 1.29 is 33.8 Å². The van der Waals surface area contributed by atoms with Crippen LogP contribution in [0.4, 0.5) is 5.69 Å². The molecule has 0 aromatic heterocycles. The number of hydrogen-bond acceptors (Lipinski definition) is 7. The van der Waals surface area contributed by atoms with Gasteiger partial charge in [0, 0.05) is 43.3 Å². The maximum absolute atomic E-state index is 15.2. The molecule has 2 fully saturated rings. The Bertz CT molecular complexity index is 1710. The van der Waals surface area contributed by atoms with Crippen LogP contribution in [0.5, 0.6) is 0 Å². The van der Waals surface area contributed by atoms with Gasteiger partial charge in [0.2, 0.25) is 11.8 Å². The maximum Gasteiger partial charge on any atom is 0.313 e. The highest BCUT2D eigenvalue weighted by atomic mass is 79.9. The van der Waals surface area contributed by atoms with E-state index in [4.69, 9.17) is 9.47 Å². The van der Waals surface area contributed by atoms with Crippen LogP contribution < -0.4 is 4.90 Å². The van der Waals surface area contributed by atoms with Crippen LogP contribution >= 0.6 is 15.9 Å². The fourth-order valence-electron chi connectivity index (χ4n) is 8.12. The van der Waals surface area contributed by atoms with Crippen LogP contribution in [0.2, 0.25) is 0 Å². The number of halogens is 1. The summed E-state index contributed by atoms with van der Waals surface area (Å²) < 4.78 is 13.7. The average Bonchev–Trinajstić information content (AvgIpc) is 3.71. The molecule has 11 heteroatoms. The number of anilines is 1. The Labute approximate surface area is 308 Å². The Morgan fingerprint density at radius 3 is 2.43 bits per heavy atom. The van der Waals surface area contributed by atoms with Gasteiger partial charge in [-0.05, 0) is 68.9 Å². The number of unbranched alkanes of at least 4 members (excludes halogenated alkanes) is 3. The number of allylic oxidation sites excluding steroid dienone is 1. The molecule has 0 unspecified atom stereocenters. The van der Waals surface area contributed by atoms with E-state index < -0.39 is 47.7 Å². The number of fused-ring (bicyclic) bond motifs is 2. The number of likely N-dealkylation sites (tertiary alicyclic amines) is 1. The number of amides is 3. The van der Waals surface area contributed by atoms with Crippen molar-refractivity contribution in [3.8, 4) is 0 Å². The molecule has 2 aromatic carbocycles. The quantitative estimate of drug-likeness (QED) is 0.213. The van der Waals surface area contributed by atoms with E-state index in [2.05, 4.69) is 15.9 Å². The molecule has 2 saturated heterocycles. The second-order valence-electron chi connectivity index (χ2n) is 14.3. The summed E-state index contributed by atoms with van der Waals surface area (Å²) in [5, 5.41) is 9.32. The minimum absolute atomic E-state index is 0.0949. The molecule has 0 aliphatic carbocycles. The molecule has 5 bridgehead atoms. The van der Waals surface area contributed by atoms with E-state index in [1.807, 2.05) is 87.5 Å². The smallest absolute Gasteiger partial charge is 0.313 e. The van der Waals surface area contributed by atoms with Crippen molar-refractivity contribution in [3.05, 3.63) is 87.9 Å². The molecule has 1 N–H and O–H groups in total. The zero-order valence-electron chi connectivity index (χ0n) is 29.8. The van der Waals surface area contributed by atoms with E-state index in [-0.39, 0.29) is 37.3 Å². The first-order chi connectivity index (χ1) is 24.5. The Morgan fingerprint density at radius 2 is 1.69 bits per heavy atom. The number of aliphatic hydroxyl groups excluding tert-OH is 1. The number of esters is 1. The number of aryl methyl sites for hydroxylation is 2. The normalized spacial score (nSPS) is 30.5. The summed E-state index contributed by atoms with van der Waals surface area (Å²) in [7, 11) is 1.72. The first kappa shape index (κ1) is 37.0. The van der Waals surface area contributed by atoms with Crippen LogP contribution in [-0.4, -0.2) is 89.1 Å². The largest absolute Gasteiger partial charge is 0.455 e. The molecule has 51 heavy (non-hydrogen) atoms. The predicted octanol–water partition coefficient (Wildman–Crippen LogP) is 5.54. The van der Waals surface area contributed by atoms with E-state index >= 15 is 4.79 Å². The second-order valence-corrected chi connectivity index (χ2v) is 15.2. The molecule has 2 aromatic rings. The highest BCUT2D eigenvalue weighted by Gasteiger charge is 2.75. The van der Waals surface area contributed by atoms with E-state index in [1.165, 1.54) is 0 Å². The Kier molecular flexibility index (Phi) is 11.2. The fraction of sp³-hybridized carbons (Fsp3) is 0.500. The van der Waals surface area contributed by atoms with E-state index in [1.54, 1.807) is 21.7 Å². The number of carbonyl (C=O) groups is 4. The molecule has 272 valence electrons. The van der Waals surface area contributed by atoms with Crippen LogP contribution in [0.3, 0.4) is 0 Å². The van der Waals surface area contributed by atoms with Gasteiger partial charge in [-0.15, -0.1) is 0 Å². The average molecular weight is 763 g/mol. The first-order valence-corrected chi connectivity index (χ1v) is 18.8. The van der Waals surface area contributed by atoms with Crippen molar-refractivity contribution in [1.82, 2.24) is 9.80 Å². The minimum atomic E-state index is -1.40. The fourth-order valence-corrected chi connectivity index (χ4v) is 8.86. The lowest BCUT2D eigenvalue weighted by Crippen LogP contribution is -2.56. The van der Waals surface area contributed by atoms with Gasteiger partial charge in [-0.25, -0.2) is 0 Å². The molecule has 10 nitrogen and oxygen atoms in total. The van der Waals surface area contributed by atoms with Gasteiger partial charge in [-0.2, -0.15) is 0 Å². The summed E-state index contributed by atoms with van der Waals surface area (Å²) in [6.45, 7) is 6.39. The van der Waals surface area contributed by atoms with Crippen LogP contribution in [-0.2, 0) is 28.7 Å². The number of rotatable bonds is 8. The van der Waals surface area contributed by atoms with E-state index in [9.17, 15) is 19.5 Å². The van der Waals surface area contributed by atoms with Crippen molar-refractivity contribution in [1.29, 1.82) is 0 Å². The highest BCUT2D eigenvalue weighted by Crippen LogP contribution is 2.59. The van der Waals surface area contributed by atoms with Crippen molar-refractivity contribution in [3.63, 3.8) is 0 Å². The molecule has 1 spiro atoms. The number of aliphatic hydroxyl groups is 1. The van der Waals surface area contributed by atoms with Crippen molar-refractivity contribution in [2.24, 2.45) is 11.8 Å². The Balaban J connectivity index is 1.47. The zero-order chi connectivity index (χ0) is 36.4. The van der Waals surface area contributed by atoms with Gasteiger partial charge in [0.05, 0.1) is 12.0 Å². The number of carbonyl (C=O) groups excluding carboxylic acids is 4. The number of ether oxygens (including phenoxy) is 2. The van der Waals surface area contributed by atoms with Gasteiger partial charge in [0.1, 0.15) is 29.8 Å². The standard InChI is InChI=1S/C40H48BrN3O7/c1-25-18-19-26(2)30(23-25)43-20-13-8-11-17-31(46)42(4)27(3)34(28-15-9-7-10-16-28)50-39(49)32-33-37(47)44(21-12-5-6-14-22-45)36(38(43)48)40(33)24-29(41)35(32)51-40/h7-10,13,15-16,18-19,23-24,27,32-36,45H,5-6,11-12,14,17,20-22H2,1-4H3/b13-8-/t27-,32+,33-,34+,35+,36+,40-/m0/s1. The number of benzene rings is 2. The molecular formula is C40H48BrN3O7. The molecule has 4 aliphatic rings. The summed E-state index contributed by atoms with van der Waals surface area (Å²) >= 11 is 3.65. The molecule has 7 atom stereocenters. The highest BCUT2D eigenvalue weighted by molar-refractivity contribution is 9.11. The second kappa shape index (κ2) is 15.4. The lowest BCUT2D eigenvalue weighted by Gasteiger charge is -2.36. The van der Waals surface area contributed by atoms with Gasteiger partial charge < -0.3 is 29.3 Å². The van der Waals surface area contributed by atoms with E-state index in [0.29, 0.717) is 30.3 Å². The van der Waals surface area contributed by atoms with E-state index in [0.717, 1.165) is 35.2 Å². The summed E-state index contributed by atoms with van der Waals surface area (Å²) in [5.74, 6) is -3.34. The summed E-state index contributed by atoms with van der Waals surface area (Å²) in [4.78, 5) is 62.9. The van der Waals surface area contributed by atoms with Gasteiger partial charge in [-0.1, -0.05) is 83.4 Å². The molecule has 3 amide bonds. The number of nitrogens with zero attached hydrogens (tertiary/aromatic N) is 3. The van der Waals surface area contributed by atoms with Crippen LogP contribution in [0.1, 0.15) is 68.2 Å². The number of likely N-dealkylation sites (N-methyl/N-ethyl adjacent to an activating group) is 1. The molecule has 6 rings (SSSR count). The maximum atomic E-state index is 15.2. The summed E-state index contributed by atoms with van der Waals surface area (Å²) in [6.07, 6.45) is 7.56. The third kappa shape index (κ3) is 6.92. The Morgan fingerprint density at radius 1 is 0.941 bits per heavy atom. The topological polar surface area (TPSA) is 117 Å². The van der Waals surface area contributed by atoms with Crippen molar-refractivity contribution in [2.75, 3.05) is 31.6 Å². The molecule has 0 radical (unpaired) electrons. The minimum Gasteiger partial charge on any atom is -0.455 e. The lowest BCUT2D eigenvalue weighted by atomic mass is 9.74. The van der Waals surface area contributed by atoms with Gasteiger partial charge in [-0.3, -0.25) is 19.2 Å². The predicted molar refractivity (Wildman–Crippen MR) is 197 cm³/mol. The van der Waals surface area contributed by atoms with Gasteiger partial charge in [0.25, 0.3) is 5.91 Å². The first-order valence-electron chi connectivity index (χ1n) is 18.0. The van der Waals surface area contributed by atoms with Crippen molar-refractivity contribution >= 4 is 45.3 Å². The molecule has 4 aliphatic heterocycles. The Hall–Kier alpha value is -3.80. The van der Waals surface area contributed by atoms with Gasteiger partial charge in [0.15, 0.2) is 0 Å².